The van der Waals surface area contributed by atoms with E-state index >= 15 is 0 Å². The van der Waals surface area contributed by atoms with Crippen molar-refractivity contribution in [3.05, 3.63) is 29.8 Å². The molecule has 0 saturated carbocycles. The number of aliphatic carboxylic acids is 1. The Kier molecular flexibility index (Phi) is 6.52. The summed E-state index contributed by atoms with van der Waals surface area (Å²) in [5, 5.41) is 11.8. The number of hydrogen-bond donors (Lipinski definition) is 2. The van der Waals surface area contributed by atoms with Crippen LogP contribution < -0.4 is 5.32 Å². The third-order valence-corrected chi connectivity index (χ3v) is 3.55. The first kappa shape index (κ1) is 18.1. The number of likely N-dealkylation sites (tertiary alicyclic amines) is 1. The number of carbonyl (C=O) groups excluding carboxylic acids is 2. The molecule has 0 aliphatic carbocycles. The summed E-state index contributed by atoms with van der Waals surface area (Å²) in [4.78, 5) is 36.0. The highest BCUT2D eigenvalue weighted by molar-refractivity contribution is 5.97. The molecule has 1 heterocycles. The van der Waals surface area contributed by atoms with Crippen molar-refractivity contribution in [2.75, 3.05) is 18.4 Å². The van der Waals surface area contributed by atoms with Gasteiger partial charge in [-0.2, -0.15) is 0 Å². The first-order chi connectivity index (χ1) is 9.97. The average molecular weight is 327 g/mol. The number of amides is 1. The number of anilines is 1. The van der Waals surface area contributed by atoms with Crippen molar-refractivity contribution in [3.63, 3.8) is 0 Å². The van der Waals surface area contributed by atoms with Crippen LogP contribution in [0.25, 0.3) is 0 Å². The van der Waals surface area contributed by atoms with Crippen LogP contribution in [0.15, 0.2) is 24.3 Å². The zero-order valence-corrected chi connectivity index (χ0v) is 13.1. The van der Waals surface area contributed by atoms with E-state index in [1.165, 1.54) is 6.92 Å². The molecule has 1 atom stereocenters. The Hall–Kier alpha value is -1.92. The summed E-state index contributed by atoms with van der Waals surface area (Å²) in [6.07, 6.45) is 1.35. The summed E-state index contributed by atoms with van der Waals surface area (Å²) in [7, 11) is 0. The van der Waals surface area contributed by atoms with E-state index in [-0.39, 0.29) is 30.6 Å². The molecule has 2 N–H and O–H groups in total. The number of Topliss-reactive ketones (excluding diaryl/α,β-unsaturated/α-hetero) is 1. The lowest BCUT2D eigenvalue weighted by Crippen LogP contribution is -2.40. The predicted octanol–water partition coefficient (Wildman–Crippen LogP) is 1.80. The number of halogens is 1. The lowest BCUT2D eigenvalue weighted by atomic mass is 10.1. The summed E-state index contributed by atoms with van der Waals surface area (Å²) < 4.78 is 0. The van der Waals surface area contributed by atoms with Gasteiger partial charge in [0, 0.05) is 11.3 Å². The maximum absolute atomic E-state index is 12.0. The van der Waals surface area contributed by atoms with Crippen molar-refractivity contribution in [1.29, 1.82) is 0 Å². The fourth-order valence-electron chi connectivity index (χ4n) is 2.50. The Balaban J connectivity index is 0.00000242. The van der Waals surface area contributed by atoms with E-state index < -0.39 is 12.0 Å². The minimum Gasteiger partial charge on any atom is -0.480 e. The van der Waals surface area contributed by atoms with E-state index in [9.17, 15) is 14.4 Å². The molecule has 7 heteroatoms. The van der Waals surface area contributed by atoms with Crippen molar-refractivity contribution in [2.45, 2.75) is 25.8 Å². The molecule has 0 spiro atoms. The van der Waals surface area contributed by atoms with Crippen LogP contribution >= 0.6 is 12.4 Å². The first-order valence-electron chi connectivity index (χ1n) is 6.85. The van der Waals surface area contributed by atoms with E-state index in [0.29, 0.717) is 24.2 Å². The number of nitrogens with zero attached hydrogens (tertiary/aromatic N) is 1. The SMILES string of the molecule is CC(=O)c1cccc(NC(=O)CN2CCC[C@H]2C(=O)O)c1.Cl. The molecule has 1 saturated heterocycles. The lowest BCUT2D eigenvalue weighted by molar-refractivity contribution is -0.142. The van der Waals surface area contributed by atoms with Crippen LogP contribution in [0.3, 0.4) is 0 Å². The Labute approximate surface area is 134 Å². The number of carboxylic acid groups (broad SMARTS) is 1. The molecular weight excluding hydrogens is 308 g/mol. The molecule has 2 rings (SSSR count). The number of carbonyl (C=O) groups is 3. The second-order valence-corrected chi connectivity index (χ2v) is 5.15. The zero-order chi connectivity index (χ0) is 15.4. The molecular formula is C15H19ClN2O4. The van der Waals surface area contributed by atoms with Gasteiger partial charge < -0.3 is 10.4 Å². The average Bonchev–Trinajstić information content (AvgIpc) is 2.87. The van der Waals surface area contributed by atoms with Gasteiger partial charge in [-0.1, -0.05) is 12.1 Å². The van der Waals surface area contributed by atoms with Crippen LogP contribution in [0.4, 0.5) is 5.69 Å². The molecule has 0 aromatic heterocycles. The molecule has 0 bridgehead atoms. The fourth-order valence-corrected chi connectivity index (χ4v) is 2.50. The highest BCUT2D eigenvalue weighted by Gasteiger charge is 2.31. The number of carboxylic acids is 1. The van der Waals surface area contributed by atoms with Crippen LogP contribution in [0, 0.1) is 0 Å². The summed E-state index contributed by atoms with van der Waals surface area (Å²) in [5.41, 5.74) is 1.07. The monoisotopic (exact) mass is 326 g/mol. The summed E-state index contributed by atoms with van der Waals surface area (Å²) in [6, 6.07) is 6.10. The normalized spacial score (nSPS) is 17.6. The van der Waals surface area contributed by atoms with Crippen LogP contribution in [0.5, 0.6) is 0 Å². The van der Waals surface area contributed by atoms with Crippen molar-refractivity contribution in [2.24, 2.45) is 0 Å². The maximum Gasteiger partial charge on any atom is 0.320 e. The van der Waals surface area contributed by atoms with Gasteiger partial charge in [0.25, 0.3) is 0 Å². The quantitative estimate of drug-likeness (QED) is 0.806. The topological polar surface area (TPSA) is 86.7 Å². The molecule has 1 aromatic rings. The largest absolute Gasteiger partial charge is 0.480 e. The second-order valence-electron chi connectivity index (χ2n) is 5.15. The van der Waals surface area contributed by atoms with Gasteiger partial charge in [0.05, 0.1) is 6.54 Å². The van der Waals surface area contributed by atoms with Crippen LogP contribution in [-0.4, -0.2) is 46.8 Å². The third-order valence-electron chi connectivity index (χ3n) is 3.55. The molecule has 22 heavy (non-hydrogen) atoms. The standard InChI is InChI=1S/C15H18N2O4.ClH/c1-10(18)11-4-2-5-12(8-11)16-14(19)9-17-7-3-6-13(17)15(20)21;/h2,4-5,8,13H,3,6-7,9H2,1H3,(H,16,19)(H,20,21);1H/t13-;/m0./s1. The van der Waals surface area contributed by atoms with Gasteiger partial charge in [-0.15, -0.1) is 12.4 Å². The van der Waals surface area contributed by atoms with E-state index in [2.05, 4.69) is 5.32 Å². The molecule has 1 aliphatic heterocycles. The van der Waals surface area contributed by atoms with Gasteiger partial charge in [0.15, 0.2) is 5.78 Å². The zero-order valence-electron chi connectivity index (χ0n) is 12.2. The number of ketones is 1. The minimum atomic E-state index is -0.890. The van der Waals surface area contributed by atoms with Crippen molar-refractivity contribution in [1.82, 2.24) is 4.90 Å². The van der Waals surface area contributed by atoms with E-state index in [1.54, 1.807) is 29.2 Å². The van der Waals surface area contributed by atoms with Gasteiger partial charge in [-0.25, -0.2) is 0 Å². The molecule has 1 aliphatic rings. The number of rotatable bonds is 5. The van der Waals surface area contributed by atoms with E-state index in [1.807, 2.05) is 0 Å². The third kappa shape index (κ3) is 4.54. The molecule has 6 nitrogen and oxygen atoms in total. The lowest BCUT2D eigenvalue weighted by Gasteiger charge is -2.20. The number of hydrogen-bond acceptors (Lipinski definition) is 4. The van der Waals surface area contributed by atoms with Crippen molar-refractivity contribution < 1.29 is 19.5 Å². The molecule has 1 amide bonds. The Morgan fingerprint density at radius 3 is 2.73 bits per heavy atom. The van der Waals surface area contributed by atoms with Crippen LogP contribution in [0.1, 0.15) is 30.1 Å². The van der Waals surface area contributed by atoms with Crippen molar-refractivity contribution in [3.8, 4) is 0 Å². The predicted molar refractivity (Wildman–Crippen MR) is 84.6 cm³/mol. The highest BCUT2D eigenvalue weighted by Crippen LogP contribution is 2.17. The number of nitrogens with one attached hydrogen (secondary N) is 1. The van der Waals surface area contributed by atoms with E-state index in [0.717, 1.165) is 6.42 Å². The van der Waals surface area contributed by atoms with Crippen molar-refractivity contribution >= 4 is 35.8 Å². The summed E-state index contributed by atoms with van der Waals surface area (Å²) >= 11 is 0. The van der Waals surface area contributed by atoms with Crippen LogP contribution in [0.2, 0.25) is 0 Å². The van der Waals surface area contributed by atoms with Gasteiger partial charge in [0.1, 0.15) is 6.04 Å². The van der Waals surface area contributed by atoms with Gasteiger partial charge in [-0.3, -0.25) is 19.3 Å². The minimum absolute atomic E-state index is 0. The second kappa shape index (κ2) is 7.91. The number of benzene rings is 1. The molecule has 0 unspecified atom stereocenters. The summed E-state index contributed by atoms with van der Waals surface area (Å²) in [5.74, 6) is -1.24. The Bertz CT molecular complexity index is 576. The fraction of sp³-hybridized carbons (Fsp3) is 0.400. The highest BCUT2D eigenvalue weighted by atomic mass is 35.5. The maximum atomic E-state index is 12.0. The first-order valence-corrected chi connectivity index (χ1v) is 6.85. The van der Waals surface area contributed by atoms with E-state index in [4.69, 9.17) is 5.11 Å². The molecule has 1 fully saturated rings. The Morgan fingerprint density at radius 2 is 2.09 bits per heavy atom. The van der Waals surface area contributed by atoms with Gasteiger partial charge in [0.2, 0.25) is 5.91 Å². The molecule has 0 radical (unpaired) electrons. The molecule has 120 valence electrons. The van der Waals surface area contributed by atoms with Gasteiger partial charge in [-0.05, 0) is 38.4 Å². The summed E-state index contributed by atoms with van der Waals surface area (Å²) in [6.45, 7) is 2.11. The smallest absolute Gasteiger partial charge is 0.320 e. The van der Waals surface area contributed by atoms with Crippen LogP contribution in [-0.2, 0) is 9.59 Å². The molecule has 1 aromatic carbocycles. The van der Waals surface area contributed by atoms with Gasteiger partial charge >= 0.3 is 5.97 Å². The Morgan fingerprint density at radius 1 is 1.36 bits per heavy atom.